The van der Waals surface area contributed by atoms with Crippen molar-refractivity contribution in [1.82, 2.24) is 4.90 Å². The third-order valence-corrected chi connectivity index (χ3v) is 3.10. The Kier molecular flexibility index (Phi) is 3.49. The number of methoxy groups -OCH3 is 1. The monoisotopic (exact) mass is 246 g/mol. The molecule has 18 heavy (non-hydrogen) atoms. The van der Waals surface area contributed by atoms with Gasteiger partial charge in [-0.15, -0.1) is 0 Å². The molecule has 2 rings (SSSR count). The van der Waals surface area contributed by atoms with Crippen molar-refractivity contribution in [3.63, 3.8) is 0 Å². The van der Waals surface area contributed by atoms with E-state index in [-0.39, 0.29) is 5.92 Å². The molecule has 0 bridgehead atoms. The molecule has 0 amide bonds. The van der Waals surface area contributed by atoms with E-state index in [2.05, 4.69) is 6.07 Å². The second kappa shape index (κ2) is 5.07. The topological polar surface area (TPSA) is 73.6 Å². The van der Waals surface area contributed by atoms with E-state index in [0.717, 1.165) is 5.56 Å². The molecule has 5 nitrogen and oxygen atoms in total. The normalized spacial score (nSPS) is 15.8. The van der Waals surface area contributed by atoms with Crippen LogP contribution in [0.4, 0.5) is 0 Å². The number of hydrogen-bond acceptors (Lipinski definition) is 4. The summed E-state index contributed by atoms with van der Waals surface area (Å²) >= 11 is 0. The van der Waals surface area contributed by atoms with E-state index in [4.69, 9.17) is 15.1 Å². The third-order valence-electron chi connectivity index (χ3n) is 3.10. The van der Waals surface area contributed by atoms with E-state index in [1.54, 1.807) is 12.1 Å². The zero-order valence-electron chi connectivity index (χ0n) is 10.1. The van der Waals surface area contributed by atoms with Gasteiger partial charge in [-0.3, -0.25) is 9.69 Å². The molecule has 1 saturated heterocycles. The predicted molar refractivity (Wildman–Crippen MR) is 64.1 cm³/mol. The number of carbonyl (C=O) groups is 1. The molecule has 1 aromatic carbocycles. The third kappa shape index (κ3) is 2.44. The Bertz CT molecular complexity index is 501. The number of rotatable bonds is 4. The van der Waals surface area contributed by atoms with E-state index < -0.39 is 5.97 Å². The lowest BCUT2D eigenvalue weighted by atomic mass is 9.99. The number of aliphatic carboxylic acids is 1. The molecule has 5 heteroatoms. The lowest BCUT2D eigenvalue weighted by molar-refractivity contribution is -0.147. The molecular weight excluding hydrogens is 232 g/mol. The summed E-state index contributed by atoms with van der Waals surface area (Å²) in [6.45, 7) is 1.81. The van der Waals surface area contributed by atoms with Gasteiger partial charge in [-0.05, 0) is 17.7 Å². The maximum absolute atomic E-state index is 10.7. The molecule has 1 heterocycles. The fraction of sp³-hybridized carbons (Fsp3) is 0.385. The standard InChI is InChI=1S/C13H14N2O3/c1-18-12-3-2-9(4-10(12)5-14)6-15-7-11(8-15)13(16)17/h2-4,11H,6-8H2,1H3,(H,16,17). The van der Waals surface area contributed by atoms with E-state index in [9.17, 15) is 4.79 Å². The van der Waals surface area contributed by atoms with Gasteiger partial charge in [-0.1, -0.05) is 6.07 Å². The Morgan fingerprint density at radius 1 is 1.61 bits per heavy atom. The molecule has 0 radical (unpaired) electrons. The highest BCUT2D eigenvalue weighted by Crippen LogP contribution is 2.23. The van der Waals surface area contributed by atoms with Crippen LogP contribution in [-0.2, 0) is 11.3 Å². The summed E-state index contributed by atoms with van der Waals surface area (Å²) in [5, 5.41) is 17.8. The van der Waals surface area contributed by atoms with Gasteiger partial charge in [0, 0.05) is 19.6 Å². The summed E-state index contributed by atoms with van der Waals surface area (Å²) in [5.41, 5.74) is 1.50. The highest BCUT2D eigenvalue weighted by atomic mass is 16.5. The first-order chi connectivity index (χ1) is 8.63. The SMILES string of the molecule is COc1ccc(CN2CC(C(=O)O)C2)cc1C#N. The molecule has 1 aromatic rings. The molecule has 0 atom stereocenters. The summed E-state index contributed by atoms with van der Waals surface area (Å²) in [5.74, 6) is -0.425. The van der Waals surface area contributed by atoms with Gasteiger partial charge >= 0.3 is 5.97 Å². The second-order valence-electron chi connectivity index (χ2n) is 4.38. The summed E-state index contributed by atoms with van der Waals surface area (Å²) in [7, 11) is 1.53. The van der Waals surface area contributed by atoms with Crippen molar-refractivity contribution in [1.29, 1.82) is 5.26 Å². The average molecular weight is 246 g/mol. The lowest BCUT2D eigenvalue weighted by Crippen LogP contribution is -2.49. The van der Waals surface area contributed by atoms with Gasteiger partial charge in [0.15, 0.2) is 0 Å². The molecule has 0 spiro atoms. The summed E-state index contributed by atoms with van der Waals surface area (Å²) in [6.07, 6.45) is 0. The molecule has 0 unspecified atom stereocenters. The van der Waals surface area contributed by atoms with Crippen LogP contribution in [0.2, 0.25) is 0 Å². The summed E-state index contributed by atoms with van der Waals surface area (Å²) in [4.78, 5) is 12.7. The fourth-order valence-corrected chi connectivity index (χ4v) is 2.05. The number of likely N-dealkylation sites (tertiary alicyclic amines) is 1. The Labute approximate surface area is 105 Å². The fourth-order valence-electron chi connectivity index (χ4n) is 2.05. The maximum Gasteiger partial charge on any atom is 0.309 e. The van der Waals surface area contributed by atoms with Crippen molar-refractivity contribution in [2.45, 2.75) is 6.54 Å². The van der Waals surface area contributed by atoms with Gasteiger partial charge in [0.2, 0.25) is 0 Å². The zero-order valence-corrected chi connectivity index (χ0v) is 10.1. The molecule has 1 aliphatic heterocycles. The Balaban J connectivity index is 1.99. The van der Waals surface area contributed by atoms with Crippen LogP contribution < -0.4 is 4.74 Å². The highest BCUT2D eigenvalue weighted by Gasteiger charge is 2.32. The van der Waals surface area contributed by atoms with Gasteiger partial charge in [0.05, 0.1) is 18.6 Å². The number of ether oxygens (including phenoxy) is 1. The number of nitrogens with zero attached hydrogens (tertiary/aromatic N) is 2. The Hall–Kier alpha value is -2.06. The molecule has 1 aliphatic rings. The minimum absolute atomic E-state index is 0.251. The van der Waals surface area contributed by atoms with Gasteiger partial charge in [-0.25, -0.2) is 0 Å². The first-order valence-corrected chi connectivity index (χ1v) is 5.66. The quantitative estimate of drug-likeness (QED) is 0.860. The molecular formula is C13H14N2O3. The van der Waals surface area contributed by atoms with Crippen LogP contribution in [0.1, 0.15) is 11.1 Å². The van der Waals surface area contributed by atoms with Crippen molar-refractivity contribution < 1.29 is 14.6 Å². The molecule has 0 aliphatic carbocycles. The van der Waals surface area contributed by atoms with Crippen molar-refractivity contribution in [3.8, 4) is 11.8 Å². The van der Waals surface area contributed by atoms with Crippen LogP contribution in [0.3, 0.4) is 0 Å². The van der Waals surface area contributed by atoms with Crippen LogP contribution >= 0.6 is 0 Å². The zero-order chi connectivity index (χ0) is 13.1. The van der Waals surface area contributed by atoms with Crippen molar-refractivity contribution in [2.24, 2.45) is 5.92 Å². The van der Waals surface area contributed by atoms with E-state index >= 15 is 0 Å². The van der Waals surface area contributed by atoms with Gasteiger partial charge in [0.1, 0.15) is 11.8 Å². The summed E-state index contributed by atoms with van der Waals surface area (Å²) < 4.78 is 5.07. The van der Waals surface area contributed by atoms with E-state index in [0.29, 0.717) is 30.9 Å². The predicted octanol–water partition coefficient (Wildman–Crippen LogP) is 1.08. The van der Waals surface area contributed by atoms with Gasteiger partial charge in [-0.2, -0.15) is 5.26 Å². The van der Waals surface area contributed by atoms with Gasteiger partial charge < -0.3 is 9.84 Å². The van der Waals surface area contributed by atoms with E-state index in [1.165, 1.54) is 7.11 Å². The average Bonchev–Trinajstić information content (AvgIpc) is 2.32. The molecule has 1 N–H and O–H groups in total. The molecule has 0 aromatic heterocycles. The van der Waals surface area contributed by atoms with Crippen molar-refractivity contribution in [2.75, 3.05) is 20.2 Å². The number of hydrogen-bond donors (Lipinski definition) is 1. The number of nitriles is 1. The van der Waals surface area contributed by atoms with E-state index in [1.807, 2.05) is 11.0 Å². The molecule has 0 saturated carbocycles. The number of carboxylic acid groups (broad SMARTS) is 1. The van der Waals surface area contributed by atoms with Crippen LogP contribution in [0.5, 0.6) is 5.75 Å². The maximum atomic E-state index is 10.7. The first kappa shape index (κ1) is 12.4. The smallest absolute Gasteiger partial charge is 0.309 e. The van der Waals surface area contributed by atoms with Crippen molar-refractivity contribution >= 4 is 5.97 Å². The van der Waals surface area contributed by atoms with Gasteiger partial charge in [0.25, 0.3) is 0 Å². The number of carboxylic acids is 1. The largest absolute Gasteiger partial charge is 0.495 e. The lowest BCUT2D eigenvalue weighted by Gasteiger charge is -2.36. The summed E-state index contributed by atoms with van der Waals surface area (Å²) in [6, 6.07) is 7.53. The Morgan fingerprint density at radius 3 is 2.89 bits per heavy atom. The number of benzene rings is 1. The van der Waals surface area contributed by atoms with Crippen LogP contribution in [0.25, 0.3) is 0 Å². The van der Waals surface area contributed by atoms with Crippen LogP contribution in [-0.4, -0.2) is 36.2 Å². The highest BCUT2D eigenvalue weighted by molar-refractivity contribution is 5.71. The minimum atomic E-state index is -0.737. The van der Waals surface area contributed by atoms with Crippen LogP contribution in [0, 0.1) is 17.2 Å². The van der Waals surface area contributed by atoms with Crippen LogP contribution in [0.15, 0.2) is 18.2 Å². The minimum Gasteiger partial charge on any atom is -0.495 e. The first-order valence-electron chi connectivity index (χ1n) is 5.66. The Morgan fingerprint density at radius 2 is 2.33 bits per heavy atom. The van der Waals surface area contributed by atoms with Crippen molar-refractivity contribution in [3.05, 3.63) is 29.3 Å². The molecule has 94 valence electrons. The second-order valence-corrected chi connectivity index (χ2v) is 4.38. The molecule has 1 fully saturated rings.